The van der Waals surface area contributed by atoms with E-state index >= 15 is 0 Å². The summed E-state index contributed by atoms with van der Waals surface area (Å²) in [5.74, 6) is 0.638. The fourth-order valence-electron chi connectivity index (χ4n) is 1.74. The smallest absolute Gasteiger partial charge is 0.0509 e. The molecule has 2 N–H and O–H groups in total. The van der Waals surface area contributed by atoms with Crippen LogP contribution in [-0.4, -0.2) is 23.4 Å². The van der Waals surface area contributed by atoms with Crippen LogP contribution in [0.4, 0.5) is 0 Å². The molecule has 0 aliphatic rings. The Morgan fingerprint density at radius 3 is 1.69 bits per heavy atom. The van der Waals surface area contributed by atoms with Crippen LogP contribution in [0.1, 0.15) is 46.5 Å². The van der Waals surface area contributed by atoms with Crippen molar-refractivity contribution >= 4 is 0 Å². The quantitative estimate of drug-likeness (QED) is 0.643. The van der Waals surface area contributed by atoms with Gasteiger partial charge in [0.1, 0.15) is 0 Å². The molecule has 2 heteroatoms. The van der Waals surface area contributed by atoms with E-state index in [1.54, 1.807) is 0 Å². The van der Waals surface area contributed by atoms with Gasteiger partial charge in [-0.05, 0) is 18.8 Å². The highest BCUT2D eigenvalue weighted by Gasteiger charge is 2.28. The Morgan fingerprint density at radius 1 is 1.00 bits per heavy atom. The van der Waals surface area contributed by atoms with Crippen molar-refractivity contribution in [2.75, 3.05) is 13.2 Å². The number of hydrogen-bond donors (Lipinski definition) is 2. The molecular weight excluding hydrogens is 164 g/mol. The molecule has 2 nitrogen and oxygen atoms in total. The maximum absolute atomic E-state index is 9.26. The van der Waals surface area contributed by atoms with Crippen molar-refractivity contribution in [3.8, 4) is 0 Å². The van der Waals surface area contributed by atoms with E-state index in [1.165, 1.54) is 0 Å². The Bertz CT molecular complexity index is 107. The van der Waals surface area contributed by atoms with Crippen LogP contribution in [0.25, 0.3) is 0 Å². The fourth-order valence-corrected chi connectivity index (χ4v) is 1.74. The van der Waals surface area contributed by atoms with Crippen molar-refractivity contribution in [1.29, 1.82) is 0 Å². The standard InChI is InChI=1S/C11H24O2/c1-4-10(5-2)7-11(6-3,8-12)9-13/h10,12-13H,4-9H2,1-3H3. The molecule has 0 aromatic carbocycles. The zero-order chi connectivity index (χ0) is 10.3. The number of rotatable bonds is 7. The molecule has 0 aromatic rings. The topological polar surface area (TPSA) is 40.5 Å². The first kappa shape index (κ1) is 12.9. The first-order valence-electron chi connectivity index (χ1n) is 5.39. The lowest BCUT2D eigenvalue weighted by Gasteiger charge is -2.31. The van der Waals surface area contributed by atoms with Crippen molar-refractivity contribution < 1.29 is 10.2 Å². The molecule has 0 saturated carbocycles. The zero-order valence-electron chi connectivity index (χ0n) is 9.21. The summed E-state index contributed by atoms with van der Waals surface area (Å²) < 4.78 is 0. The molecular formula is C11H24O2. The van der Waals surface area contributed by atoms with Crippen LogP contribution in [0.3, 0.4) is 0 Å². The van der Waals surface area contributed by atoms with Gasteiger partial charge in [0, 0.05) is 5.41 Å². The van der Waals surface area contributed by atoms with Gasteiger partial charge in [-0.1, -0.05) is 33.6 Å². The lowest BCUT2D eigenvalue weighted by molar-refractivity contribution is 0.0286. The van der Waals surface area contributed by atoms with Gasteiger partial charge < -0.3 is 10.2 Å². The molecule has 0 heterocycles. The van der Waals surface area contributed by atoms with Gasteiger partial charge in [-0.15, -0.1) is 0 Å². The summed E-state index contributed by atoms with van der Waals surface area (Å²) in [6, 6.07) is 0. The van der Waals surface area contributed by atoms with Gasteiger partial charge in [0.25, 0.3) is 0 Å². The zero-order valence-corrected chi connectivity index (χ0v) is 9.21. The highest BCUT2D eigenvalue weighted by molar-refractivity contribution is 4.79. The molecule has 13 heavy (non-hydrogen) atoms. The molecule has 0 fully saturated rings. The van der Waals surface area contributed by atoms with Gasteiger partial charge in [0.2, 0.25) is 0 Å². The first-order chi connectivity index (χ1) is 6.17. The van der Waals surface area contributed by atoms with E-state index in [1.807, 2.05) is 6.92 Å². The van der Waals surface area contributed by atoms with E-state index < -0.39 is 0 Å². The van der Waals surface area contributed by atoms with E-state index in [4.69, 9.17) is 0 Å². The van der Waals surface area contributed by atoms with Gasteiger partial charge in [-0.3, -0.25) is 0 Å². The maximum atomic E-state index is 9.26. The fraction of sp³-hybridized carbons (Fsp3) is 1.00. The number of aliphatic hydroxyl groups excluding tert-OH is 2. The Hall–Kier alpha value is -0.0800. The predicted octanol–water partition coefficient (Wildman–Crippen LogP) is 2.19. The van der Waals surface area contributed by atoms with E-state index in [-0.39, 0.29) is 18.6 Å². The summed E-state index contributed by atoms with van der Waals surface area (Å²) in [6.45, 7) is 6.59. The van der Waals surface area contributed by atoms with E-state index in [2.05, 4.69) is 13.8 Å². The average molecular weight is 188 g/mol. The summed E-state index contributed by atoms with van der Waals surface area (Å²) in [4.78, 5) is 0. The van der Waals surface area contributed by atoms with Gasteiger partial charge in [-0.25, -0.2) is 0 Å². The second-order valence-electron chi connectivity index (χ2n) is 4.06. The van der Waals surface area contributed by atoms with Crippen LogP contribution in [-0.2, 0) is 0 Å². The molecule has 0 bridgehead atoms. The molecule has 0 amide bonds. The van der Waals surface area contributed by atoms with Crippen LogP contribution in [0.2, 0.25) is 0 Å². The molecule has 0 saturated heterocycles. The lowest BCUT2D eigenvalue weighted by Crippen LogP contribution is -2.31. The molecule has 0 aromatic heterocycles. The third-order valence-electron chi connectivity index (χ3n) is 3.30. The van der Waals surface area contributed by atoms with Gasteiger partial charge >= 0.3 is 0 Å². The minimum Gasteiger partial charge on any atom is -0.396 e. The predicted molar refractivity (Wildman–Crippen MR) is 55.6 cm³/mol. The molecule has 0 radical (unpaired) electrons. The number of hydrogen-bond acceptors (Lipinski definition) is 2. The van der Waals surface area contributed by atoms with Crippen molar-refractivity contribution in [3.05, 3.63) is 0 Å². The average Bonchev–Trinajstić information content (AvgIpc) is 2.21. The van der Waals surface area contributed by atoms with Crippen LogP contribution >= 0.6 is 0 Å². The highest BCUT2D eigenvalue weighted by Crippen LogP contribution is 2.31. The molecule has 0 rings (SSSR count). The Kier molecular flexibility index (Phi) is 6.35. The van der Waals surface area contributed by atoms with Crippen LogP contribution in [0, 0.1) is 11.3 Å². The minimum absolute atomic E-state index is 0.108. The monoisotopic (exact) mass is 188 g/mol. The summed E-state index contributed by atoms with van der Waals surface area (Å²) in [7, 11) is 0. The Labute approximate surface area is 82.0 Å². The third kappa shape index (κ3) is 3.65. The molecule has 0 unspecified atom stereocenters. The second-order valence-corrected chi connectivity index (χ2v) is 4.06. The van der Waals surface area contributed by atoms with Crippen LogP contribution in [0.15, 0.2) is 0 Å². The molecule has 0 spiro atoms. The third-order valence-corrected chi connectivity index (χ3v) is 3.30. The Morgan fingerprint density at radius 2 is 1.46 bits per heavy atom. The highest BCUT2D eigenvalue weighted by atomic mass is 16.3. The normalized spacial score (nSPS) is 12.5. The first-order valence-corrected chi connectivity index (χ1v) is 5.39. The number of aliphatic hydroxyl groups is 2. The van der Waals surface area contributed by atoms with Gasteiger partial charge in [-0.2, -0.15) is 0 Å². The minimum atomic E-state index is -0.239. The summed E-state index contributed by atoms with van der Waals surface area (Å²) >= 11 is 0. The van der Waals surface area contributed by atoms with Crippen molar-refractivity contribution in [2.45, 2.75) is 46.5 Å². The molecule has 0 aliphatic heterocycles. The summed E-state index contributed by atoms with van der Waals surface area (Å²) in [5, 5.41) is 18.5. The summed E-state index contributed by atoms with van der Waals surface area (Å²) in [5.41, 5.74) is -0.239. The molecule has 0 aliphatic carbocycles. The maximum Gasteiger partial charge on any atom is 0.0509 e. The van der Waals surface area contributed by atoms with Crippen molar-refractivity contribution in [2.24, 2.45) is 11.3 Å². The van der Waals surface area contributed by atoms with Crippen LogP contribution < -0.4 is 0 Å². The van der Waals surface area contributed by atoms with Crippen LogP contribution in [0.5, 0.6) is 0 Å². The van der Waals surface area contributed by atoms with E-state index in [0.29, 0.717) is 5.92 Å². The Balaban J connectivity index is 4.21. The van der Waals surface area contributed by atoms with E-state index in [0.717, 1.165) is 25.7 Å². The molecule has 0 atom stereocenters. The van der Waals surface area contributed by atoms with Gasteiger partial charge in [0.05, 0.1) is 13.2 Å². The van der Waals surface area contributed by atoms with Crippen molar-refractivity contribution in [1.82, 2.24) is 0 Å². The van der Waals surface area contributed by atoms with E-state index in [9.17, 15) is 10.2 Å². The van der Waals surface area contributed by atoms with Gasteiger partial charge in [0.15, 0.2) is 0 Å². The second kappa shape index (κ2) is 6.39. The largest absolute Gasteiger partial charge is 0.396 e. The lowest BCUT2D eigenvalue weighted by atomic mass is 9.77. The van der Waals surface area contributed by atoms with Crippen molar-refractivity contribution in [3.63, 3.8) is 0 Å². The molecule has 80 valence electrons. The SMILES string of the molecule is CCC(CC)CC(CC)(CO)CO. The summed E-state index contributed by atoms with van der Waals surface area (Å²) in [6.07, 6.45) is 4.08.